The minimum atomic E-state index is -1.10. The molecule has 0 radical (unpaired) electrons. The van der Waals surface area contributed by atoms with Crippen LogP contribution in [-0.4, -0.2) is 46.7 Å². The second-order valence-electron chi connectivity index (χ2n) is 3.25. The molecule has 1 amide bonds. The van der Waals surface area contributed by atoms with E-state index in [-0.39, 0.29) is 18.4 Å². The first-order valence-corrected chi connectivity index (χ1v) is 4.24. The Kier molecular flexibility index (Phi) is 3.25. The zero-order valence-corrected chi connectivity index (χ0v) is 7.27. The summed E-state index contributed by atoms with van der Waals surface area (Å²) in [6.07, 6.45) is 0.319. The Bertz CT molecular complexity index is 216. The van der Waals surface area contributed by atoms with E-state index in [1.165, 1.54) is 4.90 Å². The second kappa shape index (κ2) is 4.23. The Labute approximate surface area is 76.0 Å². The van der Waals surface area contributed by atoms with Crippen molar-refractivity contribution in [1.82, 2.24) is 4.90 Å². The average molecular weight is 187 g/mol. The van der Waals surface area contributed by atoms with Crippen LogP contribution in [0.2, 0.25) is 0 Å². The third-order valence-corrected chi connectivity index (χ3v) is 2.20. The summed E-state index contributed by atoms with van der Waals surface area (Å²) in [6, 6.07) is 0. The summed E-state index contributed by atoms with van der Waals surface area (Å²) in [5, 5.41) is 17.2. The van der Waals surface area contributed by atoms with Crippen molar-refractivity contribution in [3.05, 3.63) is 0 Å². The normalized spacial score (nSPS) is 21.9. The monoisotopic (exact) mass is 187 g/mol. The van der Waals surface area contributed by atoms with Gasteiger partial charge in [-0.05, 0) is 6.42 Å². The van der Waals surface area contributed by atoms with E-state index in [1.54, 1.807) is 0 Å². The number of aliphatic carboxylic acids is 1. The molecule has 1 unspecified atom stereocenters. The fourth-order valence-corrected chi connectivity index (χ4v) is 1.45. The number of likely N-dealkylation sites (tertiary alicyclic amines) is 1. The van der Waals surface area contributed by atoms with Crippen molar-refractivity contribution < 1.29 is 19.8 Å². The first kappa shape index (κ1) is 9.98. The lowest BCUT2D eigenvalue weighted by molar-refractivity contribution is -0.143. The molecule has 5 nitrogen and oxygen atoms in total. The molecular weight excluding hydrogens is 174 g/mol. The van der Waals surface area contributed by atoms with Crippen LogP contribution in [0.3, 0.4) is 0 Å². The molecule has 0 aliphatic carbocycles. The van der Waals surface area contributed by atoms with Crippen molar-refractivity contribution in [3.63, 3.8) is 0 Å². The highest BCUT2D eigenvalue weighted by Crippen LogP contribution is 2.15. The molecule has 1 atom stereocenters. The number of nitrogens with zero attached hydrogens (tertiary/aromatic N) is 1. The van der Waals surface area contributed by atoms with Gasteiger partial charge in [-0.25, -0.2) is 0 Å². The number of carboxylic acid groups (broad SMARTS) is 1. The largest absolute Gasteiger partial charge is 0.481 e. The second-order valence-corrected chi connectivity index (χ2v) is 3.25. The van der Waals surface area contributed by atoms with Gasteiger partial charge in [0.05, 0.1) is 0 Å². The Morgan fingerprint density at radius 1 is 1.46 bits per heavy atom. The van der Waals surface area contributed by atoms with Gasteiger partial charge in [-0.2, -0.15) is 0 Å². The summed E-state index contributed by atoms with van der Waals surface area (Å²) in [6.45, 7) is 1.12. The molecule has 0 aromatic heterocycles. The quantitative estimate of drug-likeness (QED) is 0.573. The van der Waals surface area contributed by atoms with E-state index in [2.05, 4.69) is 0 Å². The third kappa shape index (κ3) is 2.69. The topological polar surface area (TPSA) is 77.8 Å². The van der Waals surface area contributed by atoms with Gasteiger partial charge in [0, 0.05) is 25.6 Å². The summed E-state index contributed by atoms with van der Waals surface area (Å²) in [7, 11) is 0. The number of hydrogen-bond donors (Lipinski definition) is 2. The maximum atomic E-state index is 11.2. The van der Waals surface area contributed by atoms with E-state index in [1.807, 2.05) is 0 Å². The number of aliphatic hydroxyl groups excluding tert-OH is 1. The molecule has 2 N–H and O–H groups in total. The highest BCUT2D eigenvalue weighted by molar-refractivity contribution is 5.93. The van der Waals surface area contributed by atoms with E-state index < -0.39 is 12.4 Å². The lowest BCUT2D eigenvalue weighted by Gasteiger charge is -2.14. The third-order valence-electron chi connectivity index (χ3n) is 2.20. The molecule has 0 aromatic rings. The van der Waals surface area contributed by atoms with Crippen LogP contribution in [0.15, 0.2) is 0 Å². The van der Waals surface area contributed by atoms with Crippen molar-refractivity contribution in [2.45, 2.75) is 12.8 Å². The van der Waals surface area contributed by atoms with Crippen molar-refractivity contribution >= 4 is 11.9 Å². The molecule has 1 aliphatic heterocycles. The Balaban J connectivity index is 2.37. The highest BCUT2D eigenvalue weighted by atomic mass is 16.4. The van der Waals surface area contributed by atoms with E-state index in [0.29, 0.717) is 13.1 Å². The van der Waals surface area contributed by atoms with Crippen molar-refractivity contribution in [2.24, 2.45) is 5.92 Å². The summed E-state index contributed by atoms with van der Waals surface area (Å²) < 4.78 is 0. The molecule has 0 bridgehead atoms. The van der Waals surface area contributed by atoms with Gasteiger partial charge in [0.1, 0.15) is 6.42 Å². The molecular formula is C8H13NO4. The molecule has 13 heavy (non-hydrogen) atoms. The minimum absolute atomic E-state index is 0.0663. The molecule has 5 heteroatoms. The van der Waals surface area contributed by atoms with Crippen LogP contribution in [0, 0.1) is 5.92 Å². The Morgan fingerprint density at radius 2 is 2.15 bits per heavy atom. The number of hydrogen-bond acceptors (Lipinski definition) is 3. The number of rotatable bonds is 3. The summed E-state index contributed by atoms with van der Waals surface area (Å²) in [4.78, 5) is 22.9. The van der Waals surface area contributed by atoms with E-state index in [0.717, 1.165) is 6.42 Å². The first-order chi connectivity index (χ1) is 6.13. The molecule has 1 saturated heterocycles. The first-order valence-electron chi connectivity index (χ1n) is 4.24. The van der Waals surface area contributed by atoms with Gasteiger partial charge >= 0.3 is 5.97 Å². The van der Waals surface area contributed by atoms with E-state index >= 15 is 0 Å². The molecule has 1 fully saturated rings. The van der Waals surface area contributed by atoms with Gasteiger partial charge in [-0.1, -0.05) is 0 Å². The Morgan fingerprint density at radius 3 is 2.62 bits per heavy atom. The van der Waals surface area contributed by atoms with Crippen LogP contribution in [0.5, 0.6) is 0 Å². The van der Waals surface area contributed by atoms with Crippen molar-refractivity contribution in [3.8, 4) is 0 Å². The molecule has 0 aromatic carbocycles. The highest BCUT2D eigenvalue weighted by Gasteiger charge is 2.26. The van der Waals surface area contributed by atoms with Gasteiger partial charge in [0.15, 0.2) is 0 Å². The zero-order valence-electron chi connectivity index (χ0n) is 7.27. The number of aliphatic hydroxyl groups is 1. The Hall–Kier alpha value is -1.10. The standard InChI is InChI=1S/C8H13NO4/c10-5-6-1-2-9(4-6)7(11)3-8(12)13/h6,10H,1-5H2,(H,12,13). The fourth-order valence-electron chi connectivity index (χ4n) is 1.45. The lowest BCUT2D eigenvalue weighted by atomic mass is 10.1. The fraction of sp³-hybridized carbons (Fsp3) is 0.750. The van der Waals surface area contributed by atoms with Crippen LogP contribution in [0.4, 0.5) is 0 Å². The number of carboxylic acids is 1. The maximum Gasteiger partial charge on any atom is 0.312 e. The van der Waals surface area contributed by atoms with Gasteiger partial charge in [0.25, 0.3) is 0 Å². The predicted molar refractivity (Wildman–Crippen MR) is 44.0 cm³/mol. The zero-order chi connectivity index (χ0) is 9.84. The number of carbonyl (C=O) groups is 2. The molecule has 0 spiro atoms. The van der Waals surface area contributed by atoms with Crippen LogP contribution >= 0.6 is 0 Å². The maximum absolute atomic E-state index is 11.2. The molecule has 1 heterocycles. The molecule has 1 rings (SSSR count). The van der Waals surface area contributed by atoms with Gasteiger partial charge in [-0.3, -0.25) is 9.59 Å². The molecule has 1 aliphatic rings. The average Bonchev–Trinajstić information content (AvgIpc) is 2.50. The number of carbonyl (C=O) groups excluding carboxylic acids is 1. The molecule has 0 saturated carbocycles. The smallest absolute Gasteiger partial charge is 0.312 e. The minimum Gasteiger partial charge on any atom is -0.481 e. The summed E-state index contributed by atoms with van der Waals surface area (Å²) in [5.41, 5.74) is 0. The number of amides is 1. The summed E-state index contributed by atoms with van der Waals surface area (Å²) >= 11 is 0. The predicted octanol–water partition coefficient (Wildman–Crippen LogP) is -0.698. The van der Waals surface area contributed by atoms with Gasteiger partial charge in [0.2, 0.25) is 5.91 Å². The molecule has 74 valence electrons. The summed E-state index contributed by atoms with van der Waals surface area (Å²) in [5.74, 6) is -1.33. The van der Waals surface area contributed by atoms with Crippen molar-refractivity contribution in [1.29, 1.82) is 0 Å². The van der Waals surface area contributed by atoms with Crippen molar-refractivity contribution in [2.75, 3.05) is 19.7 Å². The lowest BCUT2D eigenvalue weighted by Crippen LogP contribution is -2.30. The van der Waals surface area contributed by atoms with Gasteiger partial charge in [-0.15, -0.1) is 0 Å². The van der Waals surface area contributed by atoms with Crippen LogP contribution in [0.1, 0.15) is 12.8 Å². The van der Waals surface area contributed by atoms with Crippen LogP contribution in [0.25, 0.3) is 0 Å². The van der Waals surface area contributed by atoms with Gasteiger partial charge < -0.3 is 15.1 Å². The van der Waals surface area contributed by atoms with Crippen LogP contribution < -0.4 is 0 Å². The SMILES string of the molecule is O=C(O)CC(=O)N1CCC(CO)C1. The van der Waals surface area contributed by atoms with E-state index in [4.69, 9.17) is 10.2 Å². The van der Waals surface area contributed by atoms with Crippen LogP contribution in [-0.2, 0) is 9.59 Å². The van der Waals surface area contributed by atoms with E-state index in [9.17, 15) is 9.59 Å².